The Hall–Kier alpha value is -2.11. The number of nitrogens with zero attached hydrogens (tertiary/aromatic N) is 1. The van der Waals surface area contributed by atoms with Crippen molar-refractivity contribution in [3.8, 4) is 0 Å². The van der Waals surface area contributed by atoms with E-state index in [1.165, 1.54) is 29.2 Å². The van der Waals surface area contributed by atoms with Gasteiger partial charge in [-0.3, -0.25) is 4.79 Å². The maximum Gasteiger partial charge on any atom is 0.410 e. The third-order valence-electron chi connectivity index (χ3n) is 3.22. The Bertz CT molecular complexity index is 557. The lowest BCUT2D eigenvalue weighted by Crippen LogP contribution is -2.59. The largest absolute Gasteiger partial charge is 0.444 e. The van der Waals surface area contributed by atoms with E-state index >= 15 is 0 Å². The van der Waals surface area contributed by atoms with Gasteiger partial charge in [0, 0.05) is 5.56 Å². The van der Waals surface area contributed by atoms with Crippen LogP contribution in [-0.4, -0.2) is 35.6 Å². The van der Waals surface area contributed by atoms with Crippen LogP contribution < -0.4 is 5.73 Å². The summed E-state index contributed by atoms with van der Waals surface area (Å²) in [4.78, 5) is 24.1. The summed E-state index contributed by atoms with van der Waals surface area (Å²) in [6, 6.07) is 6.00. The predicted molar refractivity (Wildman–Crippen MR) is 75.6 cm³/mol. The smallest absolute Gasteiger partial charge is 0.410 e. The summed E-state index contributed by atoms with van der Waals surface area (Å²) < 4.78 is 19.8. The molecule has 0 saturated carbocycles. The van der Waals surface area contributed by atoms with Crippen LogP contribution in [0, 0.1) is 0 Å². The van der Waals surface area contributed by atoms with Gasteiger partial charge in [-0.2, -0.15) is 0 Å². The monoisotopic (exact) mass is 294 g/mol. The number of alkyl halides is 1. The van der Waals surface area contributed by atoms with Gasteiger partial charge in [0.05, 0.1) is 13.1 Å². The van der Waals surface area contributed by atoms with Crippen molar-refractivity contribution in [2.45, 2.75) is 32.0 Å². The van der Waals surface area contributed by atoms with Gasteiger partial charge in [-0.05, 0) is 38.5 Å². The van der Waals surface area contributed by atoms with Gasteiger partial charge in [0.1, 0.15) is 5.60 Å². The maximum atomic E-state index is 14.6. The van der Waals surface area contributed by atoms with E-state index in [0.29, 0.717) is 11.1 Å². The van der Waals surface area contributed by atoms with Gasteiger partial charge in [0.15, 0.2) is 5.67 Å². The number of primary amides is 1. The summed E-state index contributed by atoms with van der Waals surface area (Å²) in [5.41, 5.74) is 3.68. The molecule has 1 heterocycles. The molecule has 0 atom stereocenters. The fourth-order valence-corrected chi connectivity index (χ4v) is 2.13. The molecule has 2 rings (SSSR count). The second-order valence-electron chi connectivity index (χ2n) is 6.24. The minimum absolute atomic E-state index is 0.0577. The second-order valence-corrected chi connectivity index (χ2v) is 6.24. The number of benzene rings is 1. The molecule has 0 spiro atoms. The minimum Gasteiger partial charge on any atom is -0.444 e. The summed E-state index contributed by atoms with van der Waals surface area (Å²) in [5, 5.41) is 0. The molecule has 1 fully saturated rings. The van der Waals surface area contributed by atoms with E-state index < -0.39 is 23.3 Å². The summed E-state index contributed by atoms with van der Waals surface area (Å²) in [7, 11) is 0. The van der Waals surface area contributed by atoms with Crippen molar-refractivity contribution in [2.75, 3.05) is 13.1 Å². The summed E-state index contributed by atoms with van der Waals surface area (Å²) in [6.45, 7) is 5.16. The van der Waals surface area contributed by atoms with E-state index in [4.69, 9.17) is 10.5 Å². The van der Waals surface area contributed by atoms with Crippen molar-refractivity contribution in [3.05, 3.63) is 35.4 Å². The molecule has 2 amide bonds. The van der Waals surface area contributed by atoms with Crippen LogP contribution in [0.2, 0.25) is 0 Å². The number of ether oxygens (including phenoxy) is 1. The summed E-state index contributed by atoms with van der Waals surface area (Å²) in [6.07, 6.45) is -0.524. The van der Waals surface area contributed by atoms with E-state index in [-0.39, 0.29) is 13.1 Å². The van der Waals surface area contributed by atoms with E-state index in [2.05, 4.69) is 0 Å². The van der Waals surface area contributed by atoms with E-state index in [1.54, 1.807) is 20.8 Å². The molecule has 0 aromatic heterocycles. The Balaban J connectivity index is 2.01. The topological polar surface area (TPSA) is 72.6 Å². The number of carbonyl (C=O) groups is 2. The standard InChI is InChI=1S/C15H19FN2O3/c1-14(2,3)21-13(20)18-8-15(16,9-18)11-6-4-10(5-7-11)12(17)19/h4-7H,8-9H2,1-3H3,(H2,17,19). The van der Waals surface area contributed by atoms with Crippen LogP contribution in [0.25, 0.3) is 0 Å². The van der Waals surface area contributed by atoms with Crippen LogP contribution in [0.5, 0.6) is 0 Å². The first kappa shape index (κ1) is 15.3. The number of amides is 2. The average Bonchev–Trinajstić information content (AvgIpc) is 2.33. The van der Waals surface area contributed by atoms with Gasteiger partial charge < -0.3 is 15.4 Å². The van der Waals surface area contributed by atoms with Crippen LogP contribution in [0.15, 0.2) is 24.3 Å². The number of rotatable bonds is 2. The molecule has 5 nitrogen and oxygen atoms in total. The van der Waals surface area contributed by atoms with Gasteiger partial charge >= 0.3 is 6.09 Å². The average molecular weight is 294 g/mol. The van der Waals surface area contributed by atoms with Crippen molar-refractivity contribution in [1.82, 2.24) is 4.90 Å². The maximum absolute atomic E-state index is 14.6. The number of nitrogens with two attached hydrogens (primary N) is 1. The van der Waals surface area contributed by atoms with Crippen molar-refractivity contribution in [3.63, 3.8) is 0 Å². The highest BCUT2D eigenvalue weighted by atomic mass is 19.1. The summed E-state index contributed by atoms with van der Waals surface area (Å²) in [5.74, 6) is -0.557. The molecular formula is C15H19FN2O3. The van der Waals surface area contributed by atoms with Gasteiger partial charge in [0.25, 0.3) is 0 Å². The Morgan fingerprint density at radius 3 is 2.19 bits per heavy atom. The SMILES string of the molecule is CC(C)(C)OC(=O)N1CC(F)(c2ccc(C(N)=O)cc2)C1. The van der Waals surface area contributed by atoms with Crippen LogP contribution in [0.1, 0.15) is 36.7 Å². The first-order chi connectivity index (χ1) is 9.61. The molecule has 114 valence electrons. The van der Waals surface area contributed by atoms with Gasteiger partial charge in [0.2, 0.25) is 5.91 Å². The van der Waals surface area contributed by atoms with Gasteiger partial charge in [-0.1, -0.05) is 12.1 Å². The normalized spacial score (nSPS) is 17.0. The van der Waals surface area contributed by atoms with E-state index in [0.717, 1.165) is 0 Å². The Labute approximate surface area is 122 Å². The third-order valence-corrected chi connectivity index (χ3v) is 3.22. The lowest BCUT2D eigenvalue weighted by atomic mass is 9.88. The molecule has 1 aromatic carbocycles. The lowest BCUT2D eigenvalue weighted by Gasteiger charge is -2.44. The number of carbonyl (C=O) groups excluding carboxylic acids is 2. The zero-order chi connectivity index (χ0) is 15.8. The van der Waals surface area contributed by atoms with Gasteiger partial charge in [-0.15, -0.1) is 0 Å². The van der Waals surface area contributed by atoms with E-state index in [9.17, 15) is 14.0 Å². The molecule has 21 heavy (non-hydrogen) atoms. The van der Waals surface area contributed by atoms with Crippen LogP contribution >= 0.6 is 0 Å². The minimum atomic E-state index is -1.60. The van der Waals surface area contributed by atoms with Crippen LogP contribution in [0.3, 0.4) is 0 Å². The lowest BCUT2D eigenvalue weighted by molar-refractivity contribution is -0.0537. The molecule has 0 radical (unpaired) electrons. The molecule has 1 aromatic rings. The van der Waals surface area contributed by atoms with E-state index in [1.807, 2.05) is 0 Å². The molecule has 6 heteroatoms. The van der Waals surface area contributed by atoms with Crippen molar-refractivity contribution >= 4 is 12.0 Å². The third kappa shape index (κ3) is 3.32. The number of likely N-dealkylation sites (tertiary alicyclic amines) is 1. The molecule has 2 N–H and O–H groups in total. The van der Waals surface area contributed by atoms with Crippen LogP contribution in [-0.2, 0) is 10.4 Å². The Kier molecular flexibility index (Phi) is 3.65. The van der Waals surface area contributed by atoms with Crippen molar-refractivity contribution in [2.24, 2.45) is 5.73 Å². The molecule has 1 saturated heterocycles. The molecule has 0 aliphatic carbocycles. The second kappa shape index (κ2) is 5.02. The molecule has 1 aliphatic rings. The first-order valence-electron chi connectivity index (χ1n) is 6.68. The van der Waals surface area contributed by atoms with Crippen molar-refractivity contribution in [1.29, 1.82) is 0 Å². The predicted octanol–water partition coefficient (Wildman–Crippen LogP) is 2.20. The van der Waals surface area contributed by atoms with Gasteiger partial charge in [-0.25, -0.2) is 9.18 Å². The Morgan fingerprint density at radius 2 is 1.76 bits per heavy atom. The molecule has 0 unspecified atom stereocenters. The highest BCUT2D eigenvalue weighted by Gasteiger charge is 2.48. The summed E-state index contributed by atoms with van der Waals surface area (Å²) >= 11 is 0. The Morgan fingerprint density at radius 1 is 1.24 bits per heavy atom. The number of hydrogen-bond donors (Lipinski definition) is 1. The highest BCUT2D eigenvalue weighted by Crippen LogP contribution is 2.36. The van der Waals surface area contributed by atoms with Crippen LogP contribution in [0.4, 0.5) is 9.18 Å². The molecular weight excluding hydrogens is 275 g/mol. The first-order valence-corrected chi connectivity index (χ1v) is 6.68. The quantitative estimate of drug-likeness (QED) is 0.908. The zero-order valence-electron chi connectivity index (χ0n) is 12.4. The zero-order valence-corrected chi connectivity index (χ0v) is 12.4. The number of halogens is 1. The fraction of sp³-hybridized carbons (Fsp3) is 0.467. The number of hydrogen-bond acceptors (Lipinski definition) is 3. The fourth-order valence-electron chi connectivity index (χ4n) is 2.13. The highest BCUT2D eigenvalue weighted by molar-refractivity contribution is 5.92. The molecule has 0 bridgehead atoms. The molecule has 1 aliphatic heterocycles. The van der Waals surface area contributed by atoms with Crippen molar-refractivity contribution < 1.29 is 18.7 Å².